The maximum Gasteiger partial charge on any atom is 0.319 e. The van der Waals surface area contributed by atoms with E-state index in [1.807, 2.05) is 0 Å². The molecule has 1 fully saturated rings. The Hall–Kier alpha value is -0.900. The number of nitrogens with zero attached hydrogens (tertiary/aromatic N) is 1. The fraction of sp³-hybridized carbons (Fsp3) is 0.882. The van der Waals surface area contributed by atoms with Gasteiger partial charge in [-0.15, -0.1) is 0 Å². The normalized spacial score (nSPS) is 16.7. The third kappa shape index (κ3) is 5.10. The Morgan fingerprint density at radius 3 is 2.29 bits per heavy atom. The van der Waals surface area contributed by atoms with Gasteiger partial charge in [0.25, 0.3) is 0 Å². The van der Waals surface area contributed by atoms with Crippen LogP contribution in [0.15, 0.2) is 0 Å². The van der Waals surface area contributed by atoms with Gasteiger partial charge in [-0.2, -0.15) is 0 Å². The van der Waals surface area contributed by atoms with Crippen LogP contribution in [0.3, 0.4) is 0 Å². The van der Waals surface area contributed by atoms with Crippen LogP contribution in [0.5, 0.6) is 0 Å². The molecule has 4 heteroatoms. The van der Waals surface area contributed by atoms with Crippen LogP contribution < -0.4 is 0 Å². The van der Waals surface area contributed by atoms with E-state index in [4.69, 9.17) is 4.74 Å². The first-order valence-electron chi connectivity index (χ1n) is 8.23. The summed E-state index contributed by atoms with van der Waals surface area (Å²) in [5.41, 5.74) is -1.05. The van der Waals surface area contributed by atoms with Crippen LogP contribution in [0.2, 0.25) is 0 Å². The molecule has 0 aromatic carbocycles. The fourth-order valence-electron chi connectivity index (χ4n) is 2.89. The van der Waals surface area contributed by atoms with Gasteiger partial charge in [-0.1, -0.05) is 26.7 Å². The van der Waals surface area contributed by atoms with Crippen molar-refractivity contribution in [1.82, 2.24) is 4.90 Å². The van der Waals surface area contributed by atoms with E-state index in [1.54, 1.807) is 20.8 Å². The number of hydrogen-bond acceptors (Lipinski definition) is 4. The predicted molar refractivity (Wildman–Crippen MR) is 84.1 cm³/mol. The number of ether oxygens (including phenoxy) is 1. The molecule has 0 radical (unpaired) electrons. The smallest absolute Gasteiger partial charge is 0.319 e. The molecule has 1 saturated carbocycles. The Morgan fingerprint density at radius 2 is 1.81 bits per heavy atom. The van der Waals surface area contributed by atoms with Crippen LogP contribution in [0, 0.1) is 11.3 Å². The molecule has 0 aromatic heterocycles. The molecule has 0 amide bonds. The van der Waals surface area contributed by atoms with Gasteiger partial charge in [0.15, 0.2) is 5.78 Å². The minimum absolute atomic E-state index is 0.0338. The molecule has 0 saturated heterocycles. The molecule has 0 heterocycles. The Labute approximate surface area is 129 Å². The monoisotopic (exact) mass is 297 g/mol. The molecule has 1 aliphatic rings. The lowest BCUT2D eigenvalue weighted by molar-refractivity contribution is -0.158. The average molecular weight is 297 g/mol. The lowest BCUT2D eigenvalue weighted by Crippen LogP contribution is -2.46. The second-order valence-corrected chi connectivity index (χ2v) is 7.03. The zero-order valence-electron chi connectivity index (χ0n) is 14.3. The molecule has 122 valence electrons. The first-order valence-corrected chi connectivity index (χ1v) is 8.23. The molecule has 0 aliphatic heterocycles. The number of rotatable bonds is 8. The molecule has 21 heavy (non-hydrogen) atoms. The van der Waals surface area contributed by atoms with E-state index >= 15 is 0 Å². The van der Waals surface area contributed by atoms with E-state index in [1.165, 1.54) is 25.7 Å². The highest BCUT2D eigenvalue weighted by Crippen LogP contribution is 2.26. The second-order valence-electron chi connectivity index (χ2n) is 7.03. The van der Waals surface area contributed by atoms with Crippen molar-refractivity contribution in [3.63, 3.8) is 0 Å². The molecule has 0 spiro atoms. The topological polar surface area (TPSA) is 46.6 Å². The average Bonchev–Trinajstić information content (AvgIpc) is 2.91. The maximum atomic E-state index is 12.6. The van der Waals surface area contributed by atoms with Crippen LogP contribution in [-0.4, -0.2) is 42.4 Å². The summed E-state index contributed by atoms with van der Waals surface area (Å²) in [5.74, 6) is 0.0727. The van der Waals surface area contributed by atoms with Crippen LogP contribution in [-0.2, 0) is 14.3 Å². The molecular weight excluding hydrogens is 266 g/mol. The summed E-state index contributed by atoms with van der Waals surface area (Å²) in [6.07, 6.45) is 4.82. The van der Waals surface area contributed by atoms with Crippen molar-refractivity contribution >= 4 is 11.8 Å². The van der Waals surface area contributed by atoms with Gasteiger partial charge >= 0.3 is 5.97 Å². The van der Waals surface area contributed by atoms with E-state index in [9.17, 15) is 9.59 Å². The van der Waals surface area contributed by atoms with Gasteiger partial charge in [-0.25, -0.2) is 0 Å². The summed E-state index contributed by atoms with van der Waals surface area (Å²) in [5, 5.41) is 0. The van der Waals surface area contributed by atoms with E-state index in [0.717, 1.165) is 6.54 Å². The lowest BCUT2D eigenvalue weighted by atomic mass is 9.87. The summed E-state index contributed by atoms with van der Waals surface area (Å²) in [4.78, 5) is 26.8. The Kier molecular flexibility index (Phi) is 6.85. The van der Waals surface area contributed by atoms with Gasteiger partial charge in [-0.05, 0) is 39.5 Å². The zero-order valence-corrected chi connectivity index (χ0v) is 14.3. The summed E-state index contributed by atoms with van der Waals surface area (Å²) in [7, 11) is 0. The predicted octanol–water partition coefficient (Wildman–Crippen LogP) is 3.05. The number of carbonyl (C=O) groups is 2. The van der Waals surface area contributed by atoms with Gasteiger partial charge in [0.1, 0.15) is 5.41 Å². The molecule has 0 unspecified atom stereocenters. The molecule has 0 bridgehead atoms. The van der Waals surface area contributed by atoms with Gasteiger partial charge in [-0.3, -0.25) is 14.5 Å². The number of hydrogen-bond donors (Lipinski definition) is 0. The van der Waals surface area contributed by atoms with Crippen molar-refractivity contribution in [2.24, 2.45) is 11.3 Å². The van der Waals surface area contributed by atoms with Crippen molar-refractivity contribution in [2.45, 2.75) is 66.3 Å². The standard InChI is InChI=1S/C17H31NO3/c1-6-21-16(20)17(4,5)15(19)12-18(11-13(2)3)14-9-7-8-10-14/h13-14H,6-12H2,1-5H3. The molecule has 0 aromatic rings. The zero-order chi connectivity index (χ0) is 16.0. The van der Waals surface area contributed by atoms with Crippen LogP contribution in [0.4, 0.5) is 0 Å². The van der Waals surface area contributed by atoms with Crippen molar-refractivity contribution in [2.75, 3.05) is 19.7 Å². The first-order chi connectivity index (χ1) is 9.78. The summed E-state index contributed by atoms with van der Waals surface area (Å²) < 4.78 is 5.04. The highest BCUT2D eigenvalue weighted by atomic mass is 16.5. The van der Waals surface area contributed by atoms with Gasteiger partial charge < -0.3 is 4.74 Å². The Balaban J connectivity index is 2.72. The third-order valence-corrected chi connectivity index (χ3v) is 4.27. The lowest BCUT2D eigenvalue weighted by Gasteiger charge is -2.32. The minimum Gasteiger partial charge on any atom is -0.465 e. The molecule has 0 N–H and O–H groups in total. The Morgan fingerprint density at radius 1 is 1.24 bits per heavy atom. The molecule has 1 aliphatic carbocycles. The molecule has 1 rings (SSSR count). The van der Waals surface area contributed by atoms with Gasteiger partial charge in [0.2, 0.25) is 0 Å². The summed E-state index contributed by atoms with van der Waals surface area (Å²) in [6.45, 7) is 11.0. The largest absolute Gasteiger partial charge is 0.465 e. The maximum absolute atomic E-state index is 12.6. The fourth-order valence-corrected chi connectivity index (χ4v) is 2.89. The van der Waals surface area contributed by atoms with Crippen LogP contribution >= 0.6 is 0 Å². The van der Waals surface area contributed by atoms with Gasteiger partial charge in [0.05, 0.1) is 13.2 Å². The van der Waals surface area contributed by atoms with E-state index < -0.39 is 11.4 Å². The highest BCUT2D eigenvalue weighted by molar-refractivity contribution is 6.03. The number of esters is 1. The number of carbonyl (C=O) groups excluding carboxylic acids is 2. The van der Waals surface area contributed by atoms with E-state index in [2.05, 4.69) is 18.7 Å². The third-order valence-electron chi connectivity index (χ3n) is 4.27. The summed E-state index contributed by atoms with van der Waals surface area (Å²) >= 11 is 0. The highest BCUT2D eigenvalue weighted by Gasteiger charge is 2.39. The molecule has 4 nitrogen and oxygen atoms in total. The van der Waals surface area contributed by atoms with Crippen LogP contribution in [0.25, 0.3) is 0 Å². The molecular formula is C17H31NO3. The SMILES string of the molecule is CCOC(=O)C(C)(C)C(=O)CN(CC(C)C)C1CCCC1. The Bertz CT molecular complexity index is 357. The molecule has 0 atom stereocenters. The summed E-state index contributed by atoms with van der Waals surface area (Å²) in [6, 6.07) is 0.495. The van der Waals surface area contributed by atoms with Gasteiger partial charge in [0, 0.05) is 12.6 Å². The van der Waals surface area contributed by atoms with Crippen molar-refractivity contribution in [3.8, 4) is 0 Å². The first kappa shape index (κ1) is 18.1. The van der Waals surface area contributed by atoms with Crippen molar-refractivity contribution in [1.29, 1.82) is 0 Å². The number of ketones is 1. The quantitative estimate of drug-likeness (QED) is 0.510. The number of Topliss-reactive ketones (excluding diaryl/α,β-unsaturated/α-hetero) is 1. The van der Waals surface area contributed by atoms with E-state index in [0.29, 0.717) is 25.1 Å². The van der Waals surface area contributed by atoms with E-state index in [-0.39, 0.29) is 5.78 Å². The minimum atomic E-state index is -1.05. The van der Waals surface area contributed by atoms with Crippen molar-refractivity contribution < 1.29 is 14.3 Å². The second kappa shape index (κ2) is 7.92. The van der Waals surface area contributed by atoms with Crippen LogP contribution in [0.1, 0.15) is 60.3 Å². The van der Waals surface area contributed by atoms with Crippen molar-refractivity contribution in [3.05, 3.63) is 0 Å².